The van der Waals surface area contributed by atoms with Crippen molar-refractivity contribution in [2.24, 2.45) is 0 Å². The zero-order valence-corrected chi connectivity index (χ0v) is 10.6. The van der Waals surface area contributed by atoms with Gasteiger partial charge in [-0.25, -0.2) is 4.79 Å². The number of hydrogen-bond donors (Lipinski definition) is 1. The molecule has 17 heavy (non-hydrogen) atoms. The molecule has 0 heterocycles. The van der Waals surface area contributed by atoms with Crippen LogP contribution in [-0.2, 0) is 9.53 Å². The zero-order valence-electron chi connectivity index (χ0n) is 10.6. The highest BCUT2D eigenvalue weighted by atomic mass is 16.5. The van der Waals surface area contributed by atoms with Crippen LogP contribution >= 0.6 is 0 Å². The Morgan fingerprint density at radius 1 is 1.47 bits per heavy atom. The van der Waals surface area contributed by atoms with E-state index in [0.29, 0.717) is 12.5 Å². The summed E-state index contributed by atoms with van der Waals surface area (Å²) in [5, 5.41) is 0. The van der Waals surface area contributed by atoms with Crippen molar-refractivity contribution in [2.75, 3.05) is 12.3 Å². The number of hydrogen-bond acceptors (Lipinski definition) is 3. The summed E-state index contributed by atoms with van der Waals surface area (Å²) in [5.74, 6) is 0.0668. The Kier molecular flexibility index (Phi) is 4.76. The highest BCUT2D eigenvalue weighted by Gasteiger charge is 2.03. The Bertz CT molecular complexity index is 422. The molecule has 0 amide bonds. The van der Waals surface area contributed by atoms with Gasteiger partial charge in [0.2, 0.25) is 0 Å². The topological polar surface area (TPSA) is 52.3 Å². The van der Waals surface area contributed by atoms with Crippen LogP contribution in [0.25, 0.3) is 6.08 Å². The SMILES string of the molecule is CCOC(=O)C=Cc1ccc(C(C)C)c(N)c1. The molecule has 0 atom stereocenters. The van der Waals surface area contributed by atoms with Crippen LogP contribution in [0.4, 0.5) is 5.69 Å². The van der Waals surface area contributed by atoms with E-state index in [2.05, 4.69) is 13.8 Å². The van der Waals surface area contributed by atoms with Crippen LogP contribution in [0.15, 0.2) is 24.3 Å². The first-order valence-electron chi connectivity index (χ1n) is 5.78. The van der Waals surface area contributed by atoms with Crippen molar-refractivity contribution in [3.05, 3.63) is 35.4 Å². The molecule has 0 aliphatic carbocycles. The second-order valence-corrected chi connectivity index (χ2v) is 4.13. The van der Waals surface area contributed by atoms with Crippen LogP contribution in [0.1, 0.15) is 37.8 Å². The fourth-order valence-corrected chi connectivity index (χ4v) is 1.58. The maximum absolute atomic E-state index is 11.1. The molecule has 0 radical (unpaired) electrons. The molecule has 0 saturated heterocycles. The van der Waals surface area contributed by atoms with E-state index in [1.807, 2.05) is 18.2 Å². The van der Waals surface area contributed by atoms with Gasteiger partial charge in [0.25, 0.3) is 0 Å². The molecule has 0 saturated carbocycles. The van der Waals surface area contributed by atoms with Gasteiger partial charge in [-0.1, -0.05) is 26.0 Å². The standard InChI is InChI=1S/C14H19NO2/c1-4-17-14(16)8-6-11-5-7-12(10(2)3)13(15)9-11/h5-10H,4,15H2,1-3H3. The Labute approximate surface area is 102 Å². The zero-order chi connectivity index (χ0) is 12.8. The first-order valence-corrected chi connectivity index (χ1v) is 5.78. The van der Waals surface area contributed by atoms with E-state index in [1.165, 1.54) is 6.08 Å². The molecule has 92 valence electrons. The summed E-state index contributed by atoms with van der Waals surface area (Å²) < 4.78 is 4.80. The lowest BCUT2D eigenvalue weighted by Gasteiger charge is -2.09. The number of carbonyl (C=O) groups is 1. The van der Waals surface area contributed by atoms with Crippen molar-refractivity contribution < 1.29 is 9.53 Å². The number of rotatable bonds is 4. The molecule has 0 aliphatic heterocycles. The molecular weight excluding hydrogens is 214 g/mol. The predicted octanol–water partition coefficient (Wildman–Crippen LogP) is 2.97. The minimum Gasteiger partial charge on any atom is -0.463 e. The summed E-state index contributed by atoms with van der Waals surface area (Å²) in [7, 11) is 0. The van der Waals surface area contributed by atoms with Crippen molar-refractivity contribution >= 4 is 17.7 Å². The molecule has 3 heteroatoms. The Hall–Kier alpha value is -1.77. The number of anilines is 1. The van der Waals surface area contributed by atoms with Crippen LogP contribution < -0.4 is 5.73 Å². The third-order valence-electron chi connectivity index (χ3n) is 2.43. The fourth-order valence-electron chi connectivity index (χ4n) is 1.58. The van der Waals surface area contributed by atoms with Gasteiger partial charge < -0.3 is 10.5 Å². The molecule has 0 aromatic heterocycles. The van der Waals surface area contributed by atoms with Gasteiger partial charge in [-0.15, -0.1) is 0 Å². The Morgan fingerprint density at radius 3 is 2.71 bits per heavy atom. The number of nitrogen functional groups attached to an aromatic ring is 1. The highest BCUT2D eigenvalue weighted by molar-refractivity contribution is 5.87. The maximum atomic E-state index is 11.1. The largest absolute Gasteiger partial charge is 0.463 e. The Balaban J connectivity index is 2.80. The quantitative estimate of drug-likeness (QED) is 0.494. The van der Waals surface area contributed by atoms with Gasteiger partial charge >= 0.3 is 5.97 Å². The third-order valence-corrected chi connectivity index (χ3v) is 2.43. The minimum atomic E-state index is -0.334. The van der Waals surface area contributed by atoms with Gasteiger partial charge in [0.05, 0.1) is 6.61 Å². The summed E-state index contributed by atoms with van der Waals surface area (Å²) in [5.41, 5.74) is 8.72. The van der Waals surface area contributed by atoms with Gasteiger partial charge in [-0.05, 0) is 36.1 Å². The van der Waals surface area contributed by atoms with Crippen LogP contribution in [0.3, 0.4) is 0 Å². The van der Waals surface area contributed by atoms with Gasteiger partial charge in [0.15, 0.2) is 0 Å². The van der Waals surface area contributed by atoms with Crippen molar-refractivity contribution in [3.63, 3.8) is 0 Å². The van der Waals surface area contributed by atoms with Crippen molar-refractivity contribution in [3.8, 4) is 0 Å². The monoisotopic (exact) mass is 233 g/mol. The van der Waals surface area contributed by atoms with E-state index in [-0.39, 0.29) is 5.97 Å². The van der Waals surface area contributed by atoms with Crippen LogP contribution in [0, 0.1) is 0 Å². The number of esters is 1. The molecule has 1 aromatic carbocycles. The molecule has 0 bridgehead atoms. The third kappa shape index (κ3) is 3.94. The average Bonchev–Trinajstić information content (AvgIpc) is 2.26. The molecule has 1 rings (SSSR count). The molecule has 0 fully saturated rings. The molecule has 0 unspecified atom stereocenters. The van der Waals surface area contributed by atoms with Gasteiger partial charge in [0, 0.05) is 11.8 Å². The molecule has 0 aliphatic rings. The summed E-state index contributed by atoms with van der Waals surface area (Å²) >= 11 is 0. The molecule has 3 nitrogen and oxygen atoms in total. The van der Waals surface area contributed by atoms with Crippen molar-refractivity contribution in [1.82, 2.24) is 0 Å². The second-order valence-electron chi connectivity index (χ2n) is 4.13. The van der Waals surface area contributed by atoms with E-state index < -0.39 is 0 Å². The number of carbonyl (C=O) groups excluding carboxylic acids is 1. The number of nitrogens with two attached hydrogens (primary N) is 1. The first-order chi connectivity index (χ1) is 8.04. The second kappa shape index (κ2) is 6.09. The van der Waals surface area contributed by atoms with E-state index >= 15 is 0 Å². The first kappa shape index (κ1) is 13.3. The highest BCUT2D eigenvalue weighted by Crippen LogP contribution is 2.23. The van der Waals surface area contributed by atoms with Crippen molar-refractivity contribution in [2.45, 2.75) is 26.7 Å². The normalized spacial score (nSPS) is 11.1. The van der Waals surface area contributed by atoms with Gasteiger partial charge in [0.1, 0.15) is 0 Å². The summed E-state index contributed by atoms with van der Waals surface area (Å²) in [4.78, 5) is 11.1. The summed E-state index contributed by atoms with van der Waals surface area (Å²) in [6.07, 6.45) is 3.12. The average molecular weight is 233 g/mol. The smallest absolute Gasteiger partial charge is 0.330 e. The Morgan fingerprint density at radius 2 is 2.18 bits per heavy atom. The van der Waals surface area contributed by atoms with Crippen LogP contribution in [0.5, 0.6) is 0 Å². The predicted molar refractivity (Wildman–Crippen MR) is 70.6 cm³/mol. The number of ether oxygens (including phenoxy) is 1. The van der Waals surface area contributed by atoms with Crippen LogP contribution in [0.2, 0.25) is 0 Å². The van der Waals surface area contributed by atoms with Crippen LogP contribution in [-0.4, -0.2) is 12.6 Å². The minimum absolute atomic E-state index is 0.334. The van der Waals surface area contributed by atoms with Crippen molar-refractivity contribution in [1.29, 1.82) is 0 Å². The molecule has 0 spiro atoms. The van der Waals surface area contributed by atoms with E-state index in [9.17, 15) is 4.79 Å². The lowest BCUT2D eigenvalue weighted by atomic mass is 9.99. The van der Waals surface area contributed by atoms with E-state index in [0.717, 1.165) is 16.8 Å². The van der Waals surface area contributed by atoms with Gasteiger partial charge in [-0.2, -0.15) is 0 Å². The van der Waals surface area contributed by atoms with E-state index in [1.54, 1.807) is 13.0 Å². The molecular formula is C14H19NO2. The molecule has 2 N–H and O–H groups in total. The van der Waals surface area contributed by atoms with E-state index in [4.69, 9.17) is 10.5 Å². The fraction of sp³-hybridized carbons (Fsp3) is 0.357. The summed E-state index contributed by atoms with van der Waals surface area (Å²) in [6.45, 7) is 6.36. The summed E-state index contributed by atoms with van der Waals surface area (Å²) in [6, 6.07) is 5.80. The lowest BCUT2D eigenvalue weighted by Crippen LogP contribution is -1.99. The maximum Gasteiger partial charge on any atom is 0.330 e. The van der Waals surface area contributed by atoms with Gasteiger partial charge in [-0.3, -0.25) is 0 Å². The molecule has 1 aromatic rings. The number of benzene rings is 1. The lowest BCUT2D eigenvalue weighted by molar-refractivity contribution is -0.137.